The van der Waals surface area contributed by atoms with Crippen molar-refractivity contribution in [3.05, 3.63) is 28.8 Å². The van der Waals surface area contributed by atoms with Gasteiger partial charge in [-0.15, -0.1) is 0 Å². The van der Waals surface area contributed by atoms with E-state index >= 15 is 0 Å². The third-order valence-corrected chi connectivity index (χ3v) is 2.20. The van der Waals surface area contributed by atoms with Crippen molar-refractivity contribution in [2.75, 3.05) is 0 Å². The van der Waals surface area contributed by atoms with Gasteiger partial charge in [0.1, 0.15) is 5.82 Å². The quantitative estimate of drug-likeness (QED) is 0.801. The third kappa shape index (κ3) is 2.39. The first-order valence-electron chi connectivity index (χ1n) is 4.01. The number of hydrogen-bond donors (Lipinski definition) is 1. The Morgan fingerprint density at radius 3 is 2.62 bits per heavy atom. The first-order chi connectivity index (χ1) is 6.02. The lowest BCUT2D eigenvalue weighted by Gasteiger charge is -2.14. The van der Waals surface area contributed by atoms with Gasteiger partial charge in [0.25, 0.3) is 0 Å². The smallest absolute Gasteiger partial charge is 0.146 e. The summed E-state index contributed by atoms with van der Waals surface area (Å²) in [7, 11) is 0. The molecule has 0 spiro atoms. The molecule has 0 aliphatic carbocycles. The highest BCUT2D eigenvalue weighted by atomic mass is 35.5. The van der Waals surface area contributed by atoms with E-state index in [1.54, 1.807) is 13.8 Å². The van der Waals surface area contributed by atoms with Crippen LogP contribution in [-0.2, 0) is 0 Å². The van der Waals surface area contributed by atoms with Crippen LogP contribution in [-0.4, -0.2) is 16.2 Å². The summed E-state index contributed by atoms with van der Waals surface area (Å²) in [4.78, 5) is 3.83. The maximum absolute atomic E-state index is 13.2. The molecule has 1 rings (SSSR count). The zero-order valence-corrected chi connectivity index (χ0v) is 8.22. The molecular formula is C9H11ClFNO. The first-order valence-corrected chi connectivity index (χ1v) is 4.39. The number of halogens is 2. The Labute approximate surface area is 81.4 Å². The van der Waals surface area contributed by atoms with E-state index in [1.165, 1.54) is 12.3 Å². The van der Waals surface area contributed by atoms with E-state index < -0.39 is 11.9 Å². The topological polar surface area (TPSA) is 33.1 Å². The van der Waals surface area contributed by atoms with Gasteiger partial charge >= 0.3 is 0 Å². The van der Waals surface area contributed by atoms with Gasteiger partial charge in [0.2, 0.25) is 0 Å². The zero-order valence-electron chi connectivity index (χ0n) is 7.46. The van der Waals surface area contributed by atoms with Crippen LogP contribution in [0.5, 0.6) is 0 Å². The lowest BCUT2D eigenvalue weighted by Crippen LogP contribution is -2.14. The molecule has 0 radical (unpaired) electrons. The minimum atomic E-state index is -0.622. The van der Waals surface area contributed by atoms with Gasteiger partial charge < -0.3 is 5.11 Å². The molecule has 1 heterocycles. The molecule has 2 unspecified atom stereocenters. The van der Waals surface area contributed by atoms with Crippen molar-refractivity contribution in [3.63, 3.8) is 0 Å². The summed E-state index contributed by atoms with van der Waals surface area (Å²) in [6.45, 7) is 3.31. The molecule has 4 heteroatoms. The number of aliphatic hydroxyl groups excluding tert-OH is 1. The number of hydrogen-bond acceptors (Lipinski definition) is 2. The van der Waals surface area contributed by atoms with Crippen LogP contribution >= 0.6 is 11.6 Å². The van der Waals surface area contributed by atoms with Crippen LogP contribution in [0.2, 0.25) is 5.02 Å². The van der Waals surface area contributed by atoms with E-state index in [2.05, 4.69) is 4.98 Å². The van der Waals surface area contributed by atoms with Gasteiger partial charge in [-0.3, -0.25) is 4.98 Å². The van der Waals surface area contributed by atoms with Crippen LogP contribution in [0.3, 0.4) is 0 Å². The molecule has 0 saturated carbocycles. The van der Waals surface area contributed by atoms with Gasteiger partial charge in [0, 0.05) is 12.1 Å². The Morgan fingerprint density at radius 2 is 2.15 bits per heavy atom. The largest absolute Gasteiger partial charge is 0.393 e. The number of aliphatic hydroxyl groups is 1. The van der Waals surface area contributed by atoms with Gasteiger partial charge in [-0.25, -0.2) is 4.39 Å². The van der Waals surface area contributed by atoms with E-state index in [4.69, 9.17) is 11.6 Å². The summed E-state index contributed by atoms with van der Waals surface area (Å²) in [6.07, 6.45) is 0.752. The fourth-order valence-corrected chi connectivity index (χ4v) is 1.13. The number of rotatable bonds is 2. The average Bonchev–Trinajstić information content (AvgIpc) is 2.03. The minimum Gasteiger partial charge on any atom is -0.393 e. The van der Waals surface area contributed by atoms with Gasteiger partial charge in [-0.2, -0.15) is 0 Å². The molecule has 1 aromatic rings. The second kappa shape index (κ2) is 4.03. The minimum absolute atomic E-state index is 0.249. The number of nitrogens with zero attached hydrogens (tertiary/aromatic N) is 1. The summed E-state index contributed by atoms with van der Waals surface area (Å²) in [5.74, 6) is -0.793. The van der Waals surface area contributed by atoms with Crippen LogP contribution < -0.4 is 0 Å². The summed E-state index contributed by atoms with van der Waals surface area (Å²) in [6, 6.07) is 1.20. The molecule has 0 aliphatic heterocycles. The molecule has 1 aromatic heterocycles. The van der Waals surface area contributed by atoms with Crippen molar-refractivity contribution in [3.8, 4) is 0 Å². The van der Waals surface area contributed by atoms with Crippen LogP contribution in [0.15, 0.2) is 12.3 Å². The average molecular weight is 204 g/mol. The standard InChI is InChI=1S/C9H11ClFNO/c1-5(6(2)13)9-8(11)3-7(10)4-12-9/h3-6,13H,1-2H3. The maximum Gasteiger partial charge on any atom is 0.146 e. The maximum atomic E-state index is 13.2. The molecule has 1 N–H and O–H groups in total. The van der Waals surface area contributed by atoms with Crippen molar-refractivity contribution in [1.29, 1.82) is 0 Å². The van der Waals surface area contributed by atoms with Crippen LogP contribution in [0.4, 0.5) is 4.39 Å². The van der Waals surface area contributed by atoms with E-state index in [1.807, 2.05) is 0 Å². The fourth-order valence-electron chi connectivity index (χ4n) is 0.989. The molecule has 0 bridgehead atoms. The Bertz CT molecular complexity index is 304. The second-order valence-corrected chi connectivity index (χ2v) is 3.49. The monoisotopic (exact) mass is 203 g/mol. The third-order valence-electron chi connectivity index (χ3n) is 1.99. The lowest BCUT2D eigenvalue weighted by atomic mass is 10.0. The van der Waals surface area contributed by atoms with Gasteiger partial charge in [0.15, 0.2) is 0 Å². The SMILES string of the molecule is CC(O)C(C)c1ncc(Cl)cc1F. The lowest BCUT2D eigenvalue weighted by molar-refractivity contribution is 0.165. The fraction of sp³-hybridized carbons (Fsp3) is 0.444. The highest BCUT2D eigenvalue weighted by Gasteiger charge is 2.17. The molecule has 0 aromatic carbocycles. The highest BCUT2D eigenvalue weighted by Crippen LogP contribution is 2.21. The molecular weight excluding hydrogens is 193 g/mol. The molecule has 0 saturated heterocycles. The summed E-state index contributed by atoms with van der Waals surface area (Å²) in [5.41, 5.74) is 0.249. The van der Waals surface area contributed by atoms with E-state index in [0.717, 1.165) is 0 Å². The van der Waals surface area contributed by atoms with E-state index in [-0.39, 0.29) is 16.6 Å². The van der Waals surface area contributed by atoms with Gasteiger partial charge in [-0.05, 0) is 13.0 Å². The molecule has 2 atom stereocenters. The molecule has 13 heavy (non-hydrogen) atoms. The summed E-state index contributed by atoms with van der Waals surface area (Å²) < 4.78 is 13.2. The van der Waals surface area contributed by atoms with Gasteiger partial charge in [-0.1, -0.05) is 18.5 Å². The Balaban J connectivity index is 3.01. The van der Waals surface area contributed by atoms with Gasteiger partial charge in [0.05, 0.1) is 16.8 Å². The zero-order chi connectivity index (χ0) is 10.0. The molecule has 2 nitrogen and oxygen atoms in total. The normalized spacial score (nSPS) is 15.5. The predicted octanol–water partition coefficient (Wildman–Crippen LogP) is 2.36. The summed E-state index contributed by atoms with van der Waals surface area (Å²) in [5, 5.41) is 9.49. The summed E-state index contributed by atoms with van der Waals surface area (Å²) >= 11 is 5.54. The van der Waals surface area contributed by atoms with Crippen molar-refractivity contribution < 1.29 is 9.50 Å². The highest BCUT2D eigenvalue weighted by molar-refractivity contribution is 6.30. The van der Waals surface area contributed by atoms with Crippen LogP contribution in [0.1, 0.15) is 25.5 Å². The Kier molecular flexibility index (Phi) is 3.22. The van der Waals surface area contributed by atoms with Crippen LogP contribution in [0, 0.1) is 5.82 Å². The van der Waals surface area contributed by atoms with E-state index in [0.29, 0.717) is 0 Å². The molecule has 0 fully saturated rings. The van der Waals surface area contributed by atoms with Crippen molar-refractivity contribution in [2.24, 2.45) is 0 Å². The second-order valence-electron chi connectivity index (χ2n) is 3.05. The van der Waals surface area contributed by atoms with Crippen LogP contribution in [0.25, 0.3) is 0 Å². The molecule has 0 aliphatic rings. The van der Waals surface area contributed by atoms with Crippen molar-refractivity contribution in [2.45, 2.75) is 25.9 Å². The number of pyridine rings is 1. The van der Waals surface area contributed by atoms with Crippen molar-refractivity contribution in [1.82, 2.24) is 4.98 Å². The molecule has 72 valence electrons. The first kappa shape index (κ1) is 10.4. The van der Waals surface area contributed by atoms with E-state index in [9.17, 15) is 9.50 Å². The van der Waals surface area contributed by atoms with Crippen molar-refractivity contribution >= 4 is 11.6 Å². The predicted molar refractivity (Wildman–Crippen MR) is 49.3 cm³/mol. The Morgan fingerprint density at radius 1 is 1.54 bits per heavy atom. The Hall–Kier alpha value is -0.670. The molecule has 0 amide bonds. The number of aromatic nitrogens is 1.